The first-order chi connectivity index (χ1) is 9.24. The van der Waals surface area contributed by atoms with Crippen molar-refractivity contribution in [3.05, 3.63) is 63.7 Å². The summed E-state index contributed by atoms with van der Waals surface area (Å²) < 4.78 is 4.52. The predicted octanol–water partition coefficient (Wildman–Crippen LogP) is 2.66. The van der Waals surface area contributed by atoms with Crippen molar-refractivity contribution in [2.75, 3.05) is 0 Å². The third-order valence-corrected chi connectivity index (χ3v) is 3.56. The number of hydrogen-bond acceptors (Lipinski definition) is 2. The lowest BCUT2D eigenvalue weighted by Crippen LogP contribution is -2.22. The zero-order valence-corrected chi connectivity index (χ0v) is 11.7. The fraction of sp³-hybridized carbons (Fsp3) is 0.143. The molecule has 0 atom stereocenters. The summed E-state index contributed by atoms with van der Waals surface area (Å²) >= 11 is 3.41. The highest BCUT2D eigenvalue weighted by Crippen LogP contribution is 2.16. The first kappa shape index (κ1) is 12.2. The van der Waals surface area contributed by atoms with Gasteiger partial charge in [0.1, 0.15) is 0 Å². The second kappa shape index (κ2) is 5.01. The second-order valence-corrected chi connectivity index (χ2v) is 5.23. The van der Waals surface area contributed by atoms with Crippen molar-refractivity contribution in [2.24, 2.45) is 0 Å². The highest BCUT2D eigenvalue weighted by Gasteiger charge is 2.03. The van der Waals surface area contributed by atoms with E-state index in [9.17, 15) is 4.79 Å². The Balaban J connectivity index is 1.94. The van der Waals surface area contributed by atoms with Gasteiger partial charge in [0.15, 0.2) is 0 Å². The maximum absolute atomic E-state index is 12.3. The van der Waals surface area contributed by atoms with Gasteiger partial charge < -0.3 is 4.57 Å². The van der Waals surface area contributed by atoms with Crippen LogP contribution in [-0.4, -0.2) is 14.3 Å². The highest BCUT2D eigenvalue weighted by atomic mass is 79.9. The Labute approximate surface area is 118 Å². The van der Waals surface area contributed by atoms with E-state index in [-0.39, 0.29) is 5.56 Å². The molecule has 0 N–H and O–H groups in total. The van der Waals surface area contributed by atoms with E-state index >= 15 is 0 Å². The van der Waals surface area contributed by atoms with E-state index in [0.717, 1.165) is 15.2 Å². The molecule has 2 heterocycles. The van der Waals surface area contributed by atoms with Crippen molar-refractivity contribution in [2.45, 2.75) is 13.1 Å². The number of benzene rings is 1. The molecule has 0 saturated carbocycles. The zero-order valence-electron chi connectivity index (χ0n) is 10.2. The van der Waals surface area contributed by atoms with Crippen LogP contribution in [0.3, 0.4) is 0 Å². The van der Waals surface area contributed by atoms with Crippen LogP contribution in [0.4, 0.5) is 0 Å². The first-order valence-electron chi connectivity index (χ1n) is 6.00. The molecular weight excluding hydrogens is 306 g/mol. The summed E-state index contributed by atoms with van der Waals surface area (Å²) in [6.45, 7) is 1.31. The molecule has 0 radical (unpaired) electrons. The predicted molar refractivity (Wildman–Crippen MR) is 78.1 cm³/mol. The average molecular weight is 318 g/mol. The van der Waals surface area contributed by atoms with Crippen LogP contribution >= 0.6 is 15.9 Å². The summed E-state index contributed by atoms with van der Waals surface area (Å²) in [7, 11) is 0. The van der Waals surface area contributed by atoms with E-state index in [1.165, 1.54) is 0 Å². The van der Waals surface area contributed by atoms with Crippen molar-refractivity contribution < 1.29 is 0 Å². The van der Waals surface area contributed by atoms with Crippen LogP contribution in [-0.2, 0) is 13.1 Å². The van der Waals surface area contributed by atoms with E-state index in [0.29, 0.717) is 13.1 Å². The van der Waals surface area contributed by atoms with Crippen LogP contribution in [0.2, 0.25) is 0 Å². The van der Waals surface area contributed by atoms with Crippen molar-refractivity contribution in [1.29, 1.82) is 0 Å². The number of aromatic nitrogens is 3. The molecule has 0 aliphatic rings. The Morgan fingerprint density at radius 3 is 2.84 bits per heavy atom. The minimum absolute atomic E-state index is 0.0390. The summed E-state index contributed by atoms with van der Waals surface area (Å²) in [4.78, 5) is 12.3. The minimum atomic E-state index is 0.0390. The van der Waals surface area contributed by atoms with Gasteiger partial charge in [-0.2, -0.15) is 5.10 Å². The maximum atomic E-state index is 12.3. The van der Waals surface area contributed by atoms with Crippen LogP contribution < -0.4 is 5.56 Å². The maximum Gasteiger partial charge on any atom is 0.258 e. The van der Waals surface area contributed by atoms with Crippen LogP contribution in [0.1, 0.15) is 0 Å². The highest BCUT2D eigenvalue weighted by molar-refractivity contribution is 9.10. The largest absolute Gasteiger partial charge is 0.313 e. The number of halogens is 1. The summed E-state index contributed by atoms with van der Waals surface area (Å²) in [6, 6.07) is 9.54. The molecule has 3 aromatic rings. The van der Waals surface area contributed by atoms with Crippen molar-refractivity contribution in [1.82, 2.24) is 14.3 Å². The number of aryl methyl sites for hydroxylation is 2. The standard InChI is InChI=1S/C14H12BrN3O/c15-12-2-3-13-11(10-12)4-7-17(14(13)19)8-9-18-6-1-5-16-18/h1-7,10H,8-9H2. The fourth-order valence-electron chi connectivity index (χ4n) is 2.08. The Morgan fingerprint density at radius 1 is 1.16 bits per heavy atom. The molecule has 0 spiro atoms. The number of nitrogens with zero attached hydrogens (tertiary/aromatic N) is 3. The quantitative estimate of drug-likeness (QED) is 0.745. The van der Waals surface area contributed by atoms with Gasteiger partial charge in [-0.3, -0.25) is 9.48 Å². The molecule has 5 heteroatoms. The lowest BCUT2D eigenvalue weighted by atomic mass is 10.2. The molecule has 0 bridgehead atoms. The second-order valence-electron chi connectivity index (χ2n) is 4.31. The molecular formula is C14H12BrN3O. The van der Waals surface area contributed by atoms with Gasteiger partial charge in [-0.1, -0.05) is 15.9 Å². The number of hydrogen-bond donors (Lipinski definition) is 0. The smallest absolute Gasteiger partial charge is 0.258 e. The normalized spacial score (nSPS) is 11.0. The molecule has 0 amide bonds. The van der Waals surface area contributed by atoms with E-state index in [4.69, 9.17) is 0 Å². The lowest BCUT2D eigenvalue weighted by molar-refractivity contribution is 0.525. The minimum Gasteiger partial charge on any atom is -0.313 e. The van der Waals surface area contributed by atoms with Gasteiger partial charge in [-0.25, -0.2) is 0 Å². The van der Waals surface area contributed by atoms with Crippen LogP contribution in [0.15, 0.2) is 58.2 Å². The average Bonchev–Trinajstić information content (AvgIpc) is 2.91. The molecule has 0 aliphatic carbocycles. The van der Waals surface area contributed by atoms with E-state index in [2.05, 4.69) is 21.0 Å². The first-order valence-corrected chi connectivity index (χ1v) is 6.79. The molecule has 1 aromatic carbocycles. The summed E-state index contributed by atoms with van der Waals surface area (Å²) in [5.74, 6) is 0. The summed E-state index contributed by atoms with van der Waals surface area (Å²) in [6.07, 6.45) is 5.46. The number of rotatable bonds is 3. The summed E-state index contributed by atoms with van der Waals surface area (Å²) in [5, 5.41) is 5.83. The molecule has 96 valence electrons. The Morgan fingerprint density at radius 2 is 2.05 bits per heavy atom. The monoisotopic (exact) mass is 317 g/mol. The van der Waals surface area contributed by atoms with Crippen molar-refractivity contribution in [3.63, 3.8) is 0 Å². The van der Waals surface area contributed by atoms with E-state index in [1.54, 1.807) is 10.8 Å². The van der Waals surface area contributed by atoms with E-state index in [1.807, 2.05) is 47.4 Å². The SMILES string of the molecule is O=c1c2ccc(Br)cc2ccn1CCn1cccn1. The molecule has 2 aromatic heterocycles. The third-order valence-electron chi connectivity index (χ3n) is 3.07. The lowest BCUT2D eigenvalue weighted by Gasteiger charge is -2.07. The fourth-order valence-corrected chi connectivity index (χ4v) is 2.46. The molecule has 0 fully saturated rings. The van der Waals surface area contributed by atoms with Crippen molar-refractivity contribution in [3.8, 4) is 0 Å². The molecule has 0 unspecified atom stereocenters. The number of pyridine rings is 1. The van der Waals surface area contributed by atoms with Gasteiger partial charge in [0, 0.05) is 35.0 Å². The van der Waals surface area contributed by atoms with Gasteiger partial charge in [0.25, 0.3) is 5.56 Å². The number of fused-ring (bicyclic) bond motifs is 1. The van der Waals surface area contributed by atoms with Gasteiger partial charge in [-0.15, -0.1) is 0 Å². The van der Waals surface area contributed by atoms with Crippen LogP contribution in [0, 0.1) is 0 Å². The molecule has 0 aliphatic heterocycles. The van der Waals surface area contributed by atoms with Gasteiger partial charge in [0.05, 0.1) is 6.54 Å². The van der Waals surface area contributed by atoms with Crippen LogP contribution in [0.25, 0.3) is 10.8 Å². The molecule has 19 heavy (non-hydrogen) atoms. The van der Waals surface area contributed by atoms with Crippen molar-refractivity contribution >= 4 is 26.7 Å². The third kappa shape index (κ3) is 2.46. The molecule has 0 saturated heterocycles. The molecule has 4 nitrogen and oxygen atoms in total. The van der Waals surface area contributed by atoms with Gasteiger partial charge in [0.2, 0.25) is 0 Å². The van der Waals surface area contributed by atoms with Gasteiger partial charge >= 0.3 is 0 Å². The van der Waals surface area contributed by atoms with Crippen LogP contribution in [0.5, 0.6) is 0 Å². The summed E-state index contributed by atoms with van der Waals surface area (Å²) in [5.41, 5.74) is 0.0390. The topological polar surface area (TPSA) is 39.8 Å². The Hall–Kier alpha value is -1.88. The Bertz CT molecular complexity index is 762. The Kier molecular flexibility index (Phi) is 3.21. The van der Waals surface area contributed by atoms with Gasteiger partial charge in [-0.05, 0) is 35.7 Å². The molecule has 3 rings (SSSR count). The van der Waals surface area contributed by atoms with E-state index < -0.39 is 0 Å². The zero-order chi connectivity index (χ0) is 13.2.